The summed E-state index contributed by atoms with van der Waals surface area (Å²) in [6, 6.07) is 5.39. The second-order valence-corrected chi connectivity index (χ2v) is 4.17. The van der Waals surface area contributed by atoms with Crippen LogP contribution in [0, 0.1) is 5.92 Å². The summed E-state index contributed by atoms with van der Waals surface area (Å²) in [5.74, 6) is -0.00262. The number of anilines is 1. The molecule has 1 atom stereocenters. The van der Waals surface area contributed by atoms with E-state index in [1.165, 1.54) is 0 Å². The van der Waals surface area contributed by atoms with Gasteiger partial charge in [0.25, 0.3) is 0 Å². The minimum atomic E-state index is -0.00221. The van der Waals surface area contributed by atoms with Gasteiger partial charge in [-0.1, -0.05) is 6.07 Å². The third-order valence-corrected chi connectivity index (χ3v) is 3.02. The van der Waals surface area contributed by atoms with Crippen LogP contribution in [0.4, 0.5) is 5.69 Å². The number of fused-ring (bicyclic) bond motifs is 1. The number of nitrogens with zero attached hydrogens (tertiary/aromatic N) is 3. The fourth-order valence-corrected chi connectivity index (χ4v) is 2.15. The molecule has 1 amide bonds. The minimum absolute atomic E-state index is 0.000417. The Morgan fingerprint density at radius 1 is 1.47 bits per heavy atom. The lowest BCUT2D eigenvalue weighted by Crippen LogP contribution is -2.25. The Bertz CT molecular complexity index is 566. The van der Waals surface area contributed by atoms with Crippen LogP contribution < -0.4 is 4.90 Å². The monoisotopic (exact) mass is 233 g/mol. The van der Waals surface area contributed by atoms with Crippen molar-refractivity contribution in [2.45, 2.75) is 6.42 Å². The van der Waals surface area contributed by atoms with Crippen molar-refractivity contribution in [2.24, 2.45) is 5.92 Å². The standard InChI is InChI=1S/C11H11N3O3/c15-6-7-4-10(16)14(5-7)9-3-1-2-8-11(9)13-17-12-8/h1-3,7,15H,4-6H2. The van der Waals surface area contributed by atoms with Gasteiger partial charge < -0.3 is 10.0 Å². The molecule has 1 fully saturated rings. The van der Waals surface area contributed by atoms with Crippen molar-refractivity contribution >= 4 is 22.6 Å². The highest BCUT2D eigenvalue weighted by Crippen LogP contribution is 2.29. The van der Waals surface area contributed by atoms with E-state index in [1.807, 2.05) is 6.07 Å². The molecule has 0 aliphatic carbocycles. The number of rotatable bonds is 2. The Kier molecular flexibility index (Phi) is 2.29. The summed E-state index contributed by atoms with van der Waals surface area (Å²) in [6.07, 6.45) is 0.373. The fourth-order valence-electron chi connectivity index (χ4n) is 2.15. The van der Waals surface area contributed by atoms with E-state index < -0.39 is 0 Å². The van der Waals surface area contributed by atoms with Crippen LogP contribution in [0.3, 0.4) is 0 Å². The third-order valence-electron chi connectivity index (χ3n) is 3.02. The normalized spacial score (nSPS) is 20.4. The van der Waals surface area contributed by atoms with Crippen LogP contribution in [-0.4, -0.2) is 34.5 Å². The Hall–Kier alpha value is -1.95. The van der Waals surface area contributed by atoms with Crippen molar-refractivity contribution in [3.63, 3.8) is 0 Å². The Labute approximate surface area is 96.8 Å². The van der Waals surface area contributed by atoms with E-state index in [0.29, 0.717) is 29.7 Å². The van der Waals surface area contributed by atoms with Crippen LogP contribution in [0.25, 0.3) is 11.0 Å². The van der Waals surface area contributed by atoms with E-state index in [9.17, 15) is 4.79 Å². The van der Waals surface area contributed by atoms with Crippen molar-refractivity contribution in [3.05, 3.63) is 18.2 Å². The summed E-state index contributed by atoms with van der Waals surface area (Å²) in [4.78, 5) is 13.5. The van der Waals surface area contributed by atoms with Crippen molar-refractivity contribution in [1.82, 2.24) is 10.3 Å². The first-order chi connectivity index (χ1) is 8.29. The summed E-state index contributed by atoms with van der Waals surface area (Å²) in [5, 5.41) is 16.6. The lowest BCUT2D eigenvalue weighted by molar-refractivity contribution is -0.117. The summed E-state index contributed by atoms with van der Waals surface area (Å²) < 4.78 is 4.67. The van der Waals surface area contributed by atoms with Crippen molar-refractivity contribution in [1.29, 1.82) is 0 Å². The number of aliphatic hydroxyl groups is 1. The van der Waals surface area contributed by atoms with Gasteiger partial charge in [0, 0.05) is 25.5 Å². The molecule has 3 rings (SSSR count). The number of aromatic nitrogens is 2. The zero-order valence-corrected chi connectivity index (χ0v) is 9.04. The van der Waals surface area contributed by atoms with Crippen LogP contribution >= 0.6 is 0 Å². The predicted molar refractivity (Wildman–Crippen MR) is 59.3 cm³/mol. The lowest BCUT2D eigenvalue weighted by Gasteiger charge is -2.15. The zero-order chi connectivity index (χ0) is 11.8. The van der Waals surface area contributed by atoms with E-state index in [4.69, 9.17) is 5.11 Å². The Morgan fingerprint density at radius 2 is 2.35 bits per heavy atom. The van der Waals surface area contributed by atoms with Crippen LogP contribution in [0.1, 0.15) is 6.42 Å². The number of benzene rings is 1. The van der Waals surface area contributed by atoms with Gasteiger partial charge in [0.1, 0.15) is 5.52 Å². The molecule has 1 saturated heterocycles. The molecule has 1 aliphatic rings. The van der Waals surface area contributed by atoms with Gasteiger partial charge in [0.2, 0.25) is 5.91 Å². The lowest BCUT2D eigenvalue weighted by atomic mass is 10.1. The van der Waals surface area contributed by atoms with E-state index in [0.717, 1.165) is 0 Å². The number of carbonyl (C=O) groups excluding carboxylic acids is 1. The third kappa shape index (κ3) is 1.57. The van der Waals surface area contributed by atoms with E-state index in [2.05, 4.69) is 14.9 Å². The van der Waals surface area contributed by atoms with Gasteiger partial charge >= 0.3 is 0 Å². The van der Waals surface area contributed by atoms with Crippen molar-refractivity contribution < 1.29 is 14.5 Å². The maximum absolute atomic E-state index is 11.8. The van der Waals surface area contributed by atoms with Gasteiger partial charge in [0.05, 0.1) is 5.69 Å². The maximum atomic E-state index is 11.8. The quantitative estimate of drug-likeness (QED) is 0.820. The molecule has 2 aromatic rings. The molecule has 0 spiro atoms. The largest absolute Gasteiger partial charge is 0.396 e. The smallest absolute Gasteiger partial charge is 0.227 e. The summed E-state index contributed by atoms with van der Waals surface area (Å²) in [6.45, 7) is 0.538. The molecular formula is C11H11N3O3. The maximum Gasteiger partial charge on any atom is 0.227 e. The molecule has 1 aromatic carbocycles. The van der Waals surface area contributed by atoms with Gasteiger partial charge in [-0.3, -0.25) is 4.79 Å². The summed E-state index contributed by atoms with van der Waals surface area (Å²) in [7, 11) is 0. The predicted octanol–water partition coefficient (Wildman–Crippen LogP) is 0.568. The van der Waals surface area contributed by atoms with Crippen LogP contribution in [0.5, 0.6) is 0 Å². The highest BCUT2D eigenvalue weighted by molar-refractivity contribution is 6.02. The number of aliphatic hydroxyl groups excluding tert-OH is 1. The van der Waals surface area contributed by atoms with Crippen LogP contribution in [0.15, 0.2) is 22.8 Å². The average molecular weight is 233 g/mol. The fraction of sp³-hybridized carbons (Fsp3) is 0.364. The zero-order valence-electron chi connectivity index (χ0n) is 9.04. The molecule has 0 radical (unpaired) electrons. The first-order valence-corrected chi connectivity index (χ1v) is 5.42. The average Bonchev–Trinajstić information content (AvgIpc) is 2.94. The second kappa shape index (κ2) is 3.81. The number of hydrogen-bond donors (Lipinski definition) is 1. The van der Waals surface area contributed by atoms with Crippen molar-refractivity contribution in [2.75, 3.05) is 18.1 Å². The molecule has 0 saturated carbocycles. The van der Waals surface area contributed by atoms with E-state index in [1.54, 1.807) is 17.0 Å². The Balaban J connectivity index is 2.04. The molecule has 1 unspecified atom stereocenters. The van der Waals surface area contributed by atoms with E-state index >= 15 is 0 Å². The molecule has 1 aliphatic heterocycles. The molecule has 1 N–H and O–H groups in total. The molecular weight excluding hydrogens is 222 g/mol. The van der Waals surface area contributed by atoms with Gasteiger partial charge in [-0.05, 0) is 22.4 Å². The highest BCUT2D eigenvalue weighted by Gasteiger charge is 2.31. The molecule has 88 valence electrons. The SMILES string of the molecule is O=C1CC(CO)CN1c1cccc2nonc12. The van der Waals surface area contributed by atoms with Gasteiger partial charge in [0.15, 0.2) is 5.52 Å². The summed E-state index contributed by atoms with van der Waals surface area (Å²) >= 11 is 0. The molecule has 1 aromatic heterocycles. The summed E-state index contributed by atoms with van der Waals surface area (Å²) in [5.41, 5.74) is 1.91. The van der Waals surface area contributed by atoms with Gasteiger partial charge in [-0.25, -0.2) is 4.63 Å². The van der Waals surface area contributed by atoms with E-state index in [-0.39, 0.29) is 18.4 Å². The van der Waals surface area contributed by atoms with Gasteiger partial charge in [-0.2, -0.15) is 0 Å². The highest BCUT2D eigenvalue weighted by atomic mass is 16.6. The topological polar surface area (TPSA) is 79.5 Å². The number of amides is 1. The first-order valence-electron chi connectivity index (χ1n) is 5.42. The molecule has 2 heterocycles. The second-order valence-electron chi connectivity index (χ2n) is 4.17. The first kappa shape index (κ1) is 10.2. The molecule has 6 heteroatoms. The number of carbonyl (C=O) groups is 1. The minimum Gasteiger partial charge on any atom is -0.396 e. The van der Waals surface area contributed by atoms with Crippen LogP contribution in [0.2, 0.25) is 0 Å². The molecule has 17 heavy (non-hydrogen) atoms. The molecule has 0 bridgehead atoms. The van der Waals surface area contributed by atoms with Crippen molar-refractivity contribution in [3.8, 4) is 0 Å². The Morgan fingerprint density at radius 3 is 3.12 bits per heavy atom. The van der Waals surface area contributed by atoms with Gasteiger partial charge in [-0.15, -0.1) is 0 Å². The van der Waals surface area contributed by atoms with Crippen LogP contribution in [-0.2, 0) is 4.79 Å². The molecule has 6 nitrogen and oxygen atoms in total. The number of hydrogen-bond acceptors (Lipinski definition) is 5.